The Kier molecular flexibility index (Phi) is 6.08. The summed E-state index contributed by atoms with van der Waals surface area (Å²) in [6, 6.07) is 10.2. The molecule has 162 valence electrons. The number of carbonyl (C=O) groups excluding carboxylic acids is 1. The number of rotatable bonds is 6. The largest absolute Gasteiger partial charge is 0.490 e. The molecule has 2 aliphatic rings. The highest BCUT2D eigenvalue weighted by Gasteiger charge is 2.31. The van der Waals surface area contributed by atoms with Gasteiger partial charge in [-0.1, -0.05) is 23.9 Å². The molecule has 31 heavy (non-hydrogen) atoms. The molecule has 5 rings (SSSR count). The number of nitrogens with zero attached hydrogens (tertiary/aromatic N) is 5. The molecule has 1 saturated heterocycles. The summed E-state index contributed by atoms with van der Waals surface area (Å²) >= 11 is 3.05. The Morgan fingerprint density at radius 3 is 2.97 bits per heavy atom. The molecule has 4 heterocycles. The first-order valence-corrected chi connectivity index (χ1v) is 12.2. The summed E-state index contributed by atoms with van der Waals surface area (Å²) in [5.41, 5.74) is 1.10. The van der Waals surface area contributed by atoms with Crippen molar-refractivity contribution in [2.45, 2.75) is 37.0 Å². The number of amides is 1. The van der Waals surface area contributed by atoms with Crippen LogP contribution >= 0.6 is 23.1 Å². The molecule has 0 radical (unpaired) electrons. The minimum absolute atomic E-state index is 0.0624. The first-order chi connectivity index (χ1) is 15.3. The Labute approximate surface area is 188 Å². The van der Waals surface area contributed by atoms with Crippen LogP contribution in [0.25, 0.3) is 0 Å². The van der Waals surface area contributed by atoms with E-state index < -0.39 is 0 Å². The monoisotopic (exact) mass is 457 g/mol. The number of ether oxygens (including phenoxy) is 2. The predicted octanol–water partition coefficient (Wildman–Crippen LogP) is 3.40. The van der Waals surface area contributed by atoms with Crippen molar-refractivity contribution in [3.05, 3.63) is 46.2 Å². The van der Waals surface area contributed by atoms with Crippen LogP contribution in [-0.4, -0.2) is 56.5 Å². The number of hydrogen-bond acceptors (Lipinski definition) is 8. The first-order valence-electron chi connectivity index (χ1n) is 10.4. The molecule has 0 N–H and O–H groups in total. The molecule has 1 unspecified atom stereocenters. The zero-order valence-corrected chi connectivity index (χ0v) is 18.6. The molecule has 1 fully saturated rings. The maximum Gasteiger partial charge on any atom is 0.233 e. The normalized spacial score (nSPS) is 18.2. The molecule has 2 aliphatic heterocycles. The summed E-state index contributed by atoms with van der Waals surface area (Å²) in [7, 11) is 0. The van der Waals surface area contributed by atoms with Crippen LogP contribution in [-0.2, 0) is 11.3 Å². The van der Waals surface area contributed by atoms with Gasteiger partial charge in [0.2, 0.25) is 11.1 Å². The number of hydrogen-bond donors (Lipinski definition) is 0. The fourth-order valence-electron chi connectivity index (χ4n) is 3.96. The third kappa shape index (κ3) is 4.54. The Hall–Kier alpha value is -2.59. The van der Waals surface area contributed by atoms with E-state index in [2.05, 4.69) is 27.7 Å². The topological polar surface area (TPSA) is 82.4 Å². The van der Waals surface area contributed by atoms with Crippen molar-refractivity contribution in [1.29, 1.82) is 0 Å². The zero-order chi connectivity index (χ0) is 21.0. The van der Waals surface area contributed by atoms with Crippen molar-refractivity contribution in [1.82, 2.24) is 25.1 Å². The van der Waals surface area contributed by atoms with Gasteiger partial charge in [0.15, 0.2) is 11.5 Å². The van der Waals surface area contributed by atoms with Crippen molar-refractivity contribution in [3.8, 4) is 11.5 Å². The predicted molar refractivity (Wildman–Crippen MR) is 118 cm³/mol. The highest BCUT2D eigenvalue weighted by molar-refractivity contribution is 7.99. The SMILES string of the molecule is O=C(CSc1nnnn1Cc1cccs1)N1CCCC1c1ccc2c(c1)OCCCO2. The zero-order valence-electron chi connectivity index (χ0n) is 17.0. The molecular weight excluding hydrogens is 434 g/mol. The Morgan fingerprint density at radius 2 is 2.10 bits per heavy atom. The Bertz CT molecular complexity index is 1040. The molecule has 10 heteroatoms. The van der Waals surface area contributed by atoms with Gasteiger partial charge < -0.3 is 14.4 Å². The van der Waals surface area contributed by atoms with Gasteiger partial charge in [0.1, 0.15) is 0 Å². The average molecular weight is 458 g/mol. The second kappa shape index (κ2) is 9.27. The fraction of sp³-hybridized carbons (Fsp3) is 0.429. The lowest BCUT2D eigenvalue weighted by Crippen LogP contribution is -2.32. The summed E-state index contributed by atoms with van der Waals surface area (Å²) < 4.78 is 13.3. The van der Waals surface area contributed by atoms with Crippen molar-refractivity contribution in [2.75, 3.05) is 25.5 Å². The molecule has 0 bridgehead atoms. The van der Waals surface area contributed by atoms with Crippen LogP contribution in [0.5, 0.6) is 11.5 Å². The third-order valence-corrected chi connectivity index (χ3v) is 7.24. The van der Waals surface area contributed by atoms with Crippen molar-refractivity contribution in [3.63, 3.8) is 0 Å². The number of likely N-dealkylation sites (tertiary alicyclic amines) is 1. The van der Waals surface area contributed by atoms with Crippen LogP contribution in [0, 0.1) is 0 Å². The van der Waals surface area contributed by atoms with Crippen molar-refractivity contribution in [2.24, 2.45) is 0 Å². The van der Waals surface area contributed by atoms with Gasteiger partial charge in [-0.2, -0.15) is 0 Å². The number of benzene rings is 1. The molecule has 0 aliphatic carbocycles. The molecule has 1 amide bonds. The second-order valence-corrected chi connectivity index (χ2v) is 9.46. The van der Waals surface area contributed by atoms with E-state index in [1.165, 1.54) is 16.6 Å². The van der Waals surface area contributed by atoms with Gasteiger partial charge in [-0.05, 0) is 52.4 Å². The Balaban J connectivity index is 1.25. The minimum atomic E-state index is 0.0624. The van der Waals surface area contributed by atoms with E-state index in [4.69, 9.17) is 9.47 Å². The molecule has 3 aromatic rings. The van der Waals surface area contributed by atoms with E-state index in [1.807, 2.05) is 28.5 Å². The van der Waals surface area contributed by atoms with E-state index in [9.17, 15) is 4.79 Å². The smallest absolute Gasteiger partial charge is 0.233 e. The van der Waals surface area contributed by atoms with Crippen molar-refractivity contribution < 1.29 is 14.3 Å². The quantitative estimate of drug-likeness (QED) is 0.525. The molecule has 8 nitrogen and oxygen atoms in total. The number of tetrazole rings is 1. The van der Waals surface area contributed by atoms with Crippen LogP contribution in [0.2, 0.25) is 0 Å². The van der Waals surface area contributed by atoms with E-state index >= 15 is 0 Å². The van der Waals surface area contributed by atoms with Gasteiger partial charge in [0.05, 0.1) is 31.6 Å². The second-order valence-electron chi connectivity index (χ2n) is 7.49. The lowest BCUT2D eigenvalue weighted by atomic mass is 10.0. The first kappa shape index (κ1) is 20.3. The summed E-state index contributed by atoms with van der Waals surface area (Å²) in [5.74, 6) is 1.97. The van der Waals surface area contributed by atoms with Crippen LogP contribution < -0.4 is 9.47 Å². The number of aromatic nitrogens is 4. The number of thiophene rings is 1. The molecule has 1 atom stereocenters. The van der Waals surface area contributed by atoms with Gasteiger partial charge in [0.25, 0.3) is 0 Å². The summed E-state index contributed by atoms with van der Waals surface area (Å²) in [6.07, 6.45) is 2.82. The van der Waals surface area contributed by atoms with E-state index in [0.717, 1.165) is 42.9 Å². The highest BCUT2D eigenvalue weighted by atomic mass is 32.2. The van der Waals surface area contributed by atoms with Crippen LogP contribution in [0.4, 0.5) is 0 Å². The molecular formula is C21H23N5O3S2. The molecule has 0 spiro atoms. The summed E-state index contributed by atoms with van der Waals surface area (Å²) in [4.78, 5) is 16.2. The molecule has 2 aromatic heterocycles. The van der Waals surface area contributed by atoms with E-state index in [1.54, 1.807) is 16.0 Å². The van der Waals surface area contributed by atoms with E-state index in [0.29, 0.717) is 30.7 Å². The van der Waals surface area contributed by atoms with Gasteiger partial charge >= 0.3 is 0 Å². The van der Waals surface area contributed by atoms with Crippen molar-refractivity contribution >= 4 is 29.0 Å². The standard InChI is InChI=1S/C21H23N5O3S2/c27-20(14-31-21-22-23-24-26(21)13-16-4-2-11-30-16)25-8-1-5-17(25)15-6-7-18-19(12-15)29-10-3-9-28-18/h2,4,6-7,11-12,17H,1,3,5,8-10,13-14H2. The maximum absolute atomic E-state index is 13.1. The lowest BCUT2D eigenvalue weighted by Gasteiger charge is -2.25. The third-order valence-electron chi connectivity index (χ3n) is 5.44. The maximum atomic E-state index is 13.1. The lowest BCUT2D eigenvalue weighted by molar-refractivity contribution is -0.129. The molecule has 1 aromatic carbocycles. The van der Waals surface area contributed by atoms with Gasteiger partial charge in [-0.25, -0.2) is 4.68 Å². The number of fused-ring (bicyclic) bond motifs is 1. The van der Waals surface area contributed by atoms with Crippen LogP contribution in [0.3, 0.4) is 0 Å². The minimum Gasteiger partial charge on any atom is -0.490 e. The van der Waals surface area contributed by atoms with Gasteiger partial charge in [-0.3, -0.25) is 4.79 Å². The summed E-state index contributed by atoms with van der Waals surface area (Å²) in [5, 5.41) is 14.6. The van der Waals surface area contributed by atoms with E-state index in [-0.39, 0.29) is 11.9 Å². The van der Waals surface area contributed by atoms with Gasteiger partial charge in [-0.15, -0.1) is 16.4 Å². The molecule has 0 saturated carbocycles. The Morgan fingerprint density at radius 1 is 1.19 bits per heavy atom. The average Bonchev–Trinajstić information content (AvgIpc) is 3.53. The summed E-state index contributed by atoms with van der Waals surface area (Å²) in [6.45, 7) is 2.70. The number of thioether (sulfide) groups is 1. The van der Waals surface area contributed by atoms with Gasteiger partial charge in [0, 0.05) is 17.8 Å². The van der Waals surface area contributed by atoms with Crippen LogP contribution in [0.15, 0.2) is 40.9 Å². The highest BCUT2D eigenvalue weighted by Crippen LogP contribution is 2.38. The van der Waals surface area contributed by atoms with Crippen LogP contribution in [0.1, 0.15) is 35.7 Å². The fourth-order valence-corrected chi connectivity index (χ4v) is 5.41. The number of carbonyl (C=O) groups is 1.